The number of benzene rings is 3. The Bertz CT molecular complexity index is 1330. The number of halogens is 1. The molecule has 1 unspecified atom stereocenters. The van der Waals surface area contributed by atoms with Gasteiger partial charge in [-0.1, -0.05) is 60.8 Å². The minimum absolute atomic E-state index is 0.0284. The third kappa shape index (κ3) is 5.35. The van der Waals surface area contributed by atoms with Crippen LogP contribution in [0.3, 0.4) is 0 Å². The summed E-state index contributed by atoms with van der Waals surface area (Å²) in [5, 5.41) is 5.73. The van der Waals surface area contributed by atoms with Crippen molar-refractivity contribution in [3.63, 3.8) is 0 Å². The molecule has 1 saturated carbocycles. The molecule has 2 aliphatic rings. The quantitative estimate of drug-likeness (QED) is 0.395. The third-order valence-electron chi connectivity index (χ3n) is 7.53. The SMILES string of the molecule is CC(C(=O)NC1CCCC1)N(Cc1cccc(Cl)c1)C(=O)CCCN1C(=O)c2cccc3cccc1c23. The highest BCUT2D eigenvalue weighted by atomic mass is 35.5. The van der Waals surface area contributed by atoms with Crippen molar-refractivity contribution in [3.8, 4) is 0 Å². The molecule has 1 heterocycles. The van der Waals surface area contributed by atoms with E-state index in [1.807, 2.05) is 54.6 Å². The average molecular weight is 518 g/mol. The van der Waals surface area contributed by atoms with Crippen LogP contribution < -0.4 is 10.2 Å². The lowest BCUT2D eigenvalue weighted by Crippen LogP contribution is -2.49. The average Bonchev–Trinajstić information content (AvgIpc) is 3.50. The van der Waals surface area contributed by atoms with Gasteiger partial charge in [0.15, 0.2) is 0 Å². The van der Waals surface area contributed by atoms with E-state index in [-0.39, 0.29) is 30.2 Å². The highest BCUT2D eigenvalue weighted by Gasteiger charge is 2.31. The van der Waals surface area contributed by atoms with Gasteiger partial charge in [-0.2, -0.15) is 0 Å². The van der Waals surface area contributed by atoms with E-state index in [0.717, 1.165) is 47.7 Å². The zero-order valence-electron chi connectivity index (χ0n) is 21.1. The minimum Gasteiger partial charge on any atom is -0.352 e. The van der Waals surface area contributed by atoms with Gasteiger partial charge in [0.2, 0.25) is 11.8 Å². The van der Waals surface area contributed by atoms with Crippen molar-refractivity contribution < 1.29 is 14.4 Å². The summed E-state index contributed by atoms with van der Waals surface area (Å²) in [7, 11) is 0. The van der Waals surface area contributed by atoms with Gasteiger partial charge in [-0.25, -0.2) is 0 Å². The van der Waals surface area contributed by atoms with Crippen LogP contribution in [0.2, 0.25) is 5.02 Å². The van der Waals surface area contributed by atoms with Crippen molar-refractivity contribution in [3.05, 3.63) is 76.8 Å². The van der Waals surface area contributed by atoms with Crippen LogP contribution in [0.1, 0.15) is 61.4 Å². The molecule has 0 aromatic heterocycles. The first-order valence-corrected chi connectivity index (χ1v) is 13.5. The van der Waals surface area contributed by atoms with E-state index in [1.165, 1.54) is 0 Å². The zero-order valence-corrected chi connectivity index (χ0v) is 21.8. The Morgan fingerprint density at radius 3 is 2.57 bits per heavy atom. The molecule has 192 valence electrons. The van der Waals surface area contributed by atoms with Crippen molar-refractivity contribution in [2.24, 2.45) is 0 Å². The van der Waals surface area contributed by atoms with Crippen LogP contribution in [0, 0.1) is 0 Å². The molecule has 3 amide bonds. The van der Waals surface area contributed by atoms with Crippen molar-refractivity contribution in [2.75, 3.05) is 11.4 Å². The molecule has 6 nitrogen and oxygen atoms in total. The Morgan fingerprint density at radius 2 is 1.81 bits per heavy atom. The van der Waals surface area contributed by atoms with Gasteiger partial charge < -0.3 is 15.1 Å². The molecular formula is C30H32ClN3O3. The summed E-state index contributed by atoms with van der Waals surface area (Å²) >= 11 is 6.18. The minimum atomic E-state index is -0.612. The Balaban J connectivity index is 1.27. The molecule has 0 spiro atoms. The Kier molecular flexibility index (Phi) is 7.47. The molecular weight excluding hydrogens is 486 g/mol. The summed E-state index contributed by atoms with van der Waals surface area (Å²) in [4.78, 5) is 43.1. The van der Waals surface area contributed by atoms with Gasteiger partial charge in [0.1, 0.15) is 6.04 Å². The Labute approximate surface area is 222 Å². The molecule has 1 aliphatic carbocycles. The fourth-order valence-electron chi connectivity index (χ4n) is 5.54. The molecule has 0 saturated heterocycles. The first-order valence-electron chi connectivity index (χ1n) is 13.1. The largest absolute Gasteiger partial charge is 0.352 e. The van der Waals surface area contributed by atoms with E-state index in [2.05, 4.69) is 5.32 Å². The molecule has 1 atom stereocenters. The van der Waals surface area contributed by atoms with Gasteiger partial charge >= 0.3 is 0 Å². The fraction of sp³-hybridized carbons (Fsp3) is 0.367. The number of nitrogens with one attached hydrogen (secondary N) is 1. The van der Waals surface area contributed by atoms with E-state index >= 15 is 0 Å². The van der Waals surface area contributed by atoms with Gasteiger partial charge in [-0.15, -0.1) is 0 Å². The molecule has 7 heteroatoms. The topological polar surface area (TPSA) is 69.7 Å². The maximum Gasteiger partial charge on any atom is 0.258 e. The number of amides is 3. The second kappa shape index (κ2) is 10.9. The van der Waals surface area contributed by atoms with Crippen LogP contribution in [-0.2, 0) is 16.1 Å². The van der Waals surface area contributed by atoms with Crippen molar-refractivity contribution in [1.29, 1.82) is 0 Å². The van der Waals surface area contributed by atoms with E-state index in [0.29, 0.717) is 30.1 Å². The van der Waals surface area contributed by atoms with E-state index in [4.69, 9.17) is 11.6 Å². The lowest BCUT2D eigenvalue weighted by molar-refractivity contribution is -0.141. The molecule has 1 fully saturated rings. The second-order valence-corrected chi connectivity index (χ2v) is 10.5. The standard InChI is InChI=1S/C30H32ClN3O3/c1-20(29(36)32-24-12-2-3-13-24)34(19-21-8-4-11-23(31)18-21)27(35)16-7-17-33-26-15-6-10-22-9-5-14-25(28(22)26)30(33)37/h4-6,8-11,14-15,18,20,24H,2-3,7,12-13,16-17,19H2,1H3,(H,32,36). The first-order chi connectivity index (χ1) is 17.9. The zero-order chi connectivity index (χ0) is 25.9. The van der Waals surface area contributed by atoms with Crippen LogP contribution >= 0.6 is 11.6 Å². The third-order valence-corrected chi connectivity index (χ3v) is 7.77. The second-order valence-electron chi connectivity index (χ2n) is 10.1. The van der Waals surface area contributed by atoms with Gasteiger partial charge in [-0.05, 0) is 61.4 Å². The summed E-state index contributed by atoms with van der Waals surface area (Å²) in [6.07, 6.45) is 4.95. The van der Waals surface area contributed by atoms with Crippen LogP contribution in [-0.4, -0.2) is 41.2 Å². The lowest BCUT2D eigenvalue weighted by atomic mass is 10.1. The summed E-state index contributed by atoms with van der Waals surface area (Å²) in [6.45, 7) is 2.52. The monoisotopic (exact) mass is 517 g/mol. The van der Waals surface area contributed by atoms with Crippen LogP contribution in [0.4, 0.5) is 5.69 Å². The van der Waals surface area contributed by atoms with E-state index in [9.17, 15) is 14.4 Å². The van der Waals surface area contributed by atoms with E-state index in [1.54, 1.807) is 22.8 Å². The van der Waals surface area contributed by atoms with Crippen molar-refractivity contribution >= 4 is 45.8 Å². The van der Waals surface area contributed by atoms with Gasteiger partial charge in [0.05, 0.1) is 5.69 Å². The number of anilines is 1. The predicted octanol–water partition coefficient (Wildman–Crippen LogP) is 5.71. The van der Waals surface area contributed by atoms with Crippen LogP contribution in [0.5, 0.6) is 0 Å². The molecule has 3 aromatic carbocycles. The first kappa shape index (κ1) is 25.3. The number of hydrogen-bond donors (Lipinski definition) is 1. The molecule has 0 radical (unpaired) electrons. The number of rotatable bonds is 9. The molecule has 3 aromatic rings. The lowest BCUT2D eigenvalue weighted by Gasteiger charge is -2.30. The molecule has 5 rings (SSSR count). The maximum atomic E-state index is 13.5. The normalized spacial score (nSPS) is 15.8. The Hall–Kier alpha value is -3.38. The van der Waals surface area contributed by atoms with Crippen molar-refractivity contribution in [2.45, 2.75) is 64.1 Å². The molecule has 1 aliphatic heterocycles. The van der Waals surface area contributed by atoms with Gasteiger partial charge in [-0.3, -0.25) is 14.4 Å². The maximum absolute atomic E-state index is 13.5. The fourth-order valence-corrected chi connectivity index (χ4v) is 5.75. The highest BCUT2D eigenvalue weighted by molar-refractivity contribution is 6.30. The number of carbonyl (C=O) groups is 3. The number of carbonyl (C=O) groups excluding carboxylic acids is 3. The predicted molar refractivity (Wildman–Crippen MR) is 147 cm³/mol. The number of hydrogen-bond acceptors (Lipinski definition) is 3. The van der Waals surface area contributed by atoms with Crippen molar-refractivity contribution in [1.82, 2.24) is 10.2 Å². The summed E-state index contributed by atoms with van der Waals surface area (Å²) < 4.78 is 0. The van der Waals surface area contributed by atoms with Crippen LogP contribution in [0.25, 0.3) is 10.8 Å². The van der Waals surface area contributed by atoms with Gasteiger partial charge in [0, 0.05) is 41.5 Å². The van der Waals surface area contributed by atoms with Gasteiger partial charge in [0.25, 0.3) is 5.91 Å². The summed E-state index contributed by atoms with van der Waals surface area (Å²) in [6, 6.07) is 18.6. The van der Waals surface area contributed by atoms with E-state index < -0.39 is 6.04 Å². The smallest absolute Gasteiger partial charge is 0.258 e. The number of nitrogens with zero attached hydrogens (tertiary/aromatic N) is 2. The van der Waals surface area contributed by atoms with Crippen LogP contribution in [0.15, 0.2) is 60.7 Å². The molecule has 37 heavy (non-hydrogen) atoms. The molecule has 0 bridgehead atoms. The molecule has 1 N–H and O–H groups in total. The summed E-state index contributed by atoms with van der Waals surface area (Å²) in [5.74, 6) is -0.269. The summed E-state index contributed by atoms with van der Waals surface area (Å²) in [5.41, 5.74) is 2.48. The highest BCUT2D eigenvalue weighted by Crippen LogP contribution is 2.37. The Morgan fingerprint density at radius 1 is 1.08 bits per heavy atom.